The largest absolute Gasteiger partial charge is 0.465 e. The molecule has 0 aliphatic heterocycles. The third-order valence-electron chi connectivity index (χ3n) is 2.51. The number of nitrogens with zero attached hydrogens (tertiary/aromatic N) is 3. The second kappa shape index (κ2) is 6.25. The zero-order chi connectivity index (χ0) is 15.3. The van der Waals surface area contributed by atoms with Gasteiger partial charge >= 0.3 is 5.97 Å². The first-order valence-electron chi connectivity index (χ1n) is 5.29. The van der Waals surface area contributed by atoms with Gasteiger partial charge in [-0.1, -0.05) is 0 Å². The molecule has 0 bridgehead atoms. The first-order chi connectivity index (χ1) is 9.44. The van der Waals surface area contributed by atoms with E-state index in [-0.39, 0.29) is 17.5 Å². The van der Waals surface area contributed by atoms with Gasteiger partial charge in [0, 0.05) is 12.0 Å². The van der Waals surface area contributed by atoms with Gasteiger partial charge in [0.2, 0.25) is 0 Å². The van der Waals surface area contributed by atoms with Crippen molar-refractivity contribution >= 4 is 11.7 Å². The van der Waals surface area contributed by atoms with Gasteiger partial charge in [0.1, 0.15) is 11.7 Å². The molecule has 0 fully saturated rings. The molecule has 0 aromatic heterocycles. The number of ether oxygens (including phenoxy) is 1. The fourth-order valence-corrected chi connectivity index (χ4v) is 1.62. The van der Waals surface area contributed by atoms with Crippen molar-refractivity contribution in [2.45, 2.75) is 6.42 Å². The molecule has 0 N–H and O–H groups in total. The first kappa shape index (κ1) is 15.1. The van der Waals surface area contributed by atoms with Gasteiger partial charge in [0.05, 0.1) is 35.8 Å². The number of hydrogen-bond donors (Lipinski definition) is 0. The van der Waals surface area contributed by atoms with Crippen LogP contribution in [-0.4, -0.2) is 18.0 Å². The van der Waals surface area contributed by atoms with E-state index in [9.17, 15) is 19.3 Å². The number of nitro groups is 1. The summed E-state index contributed by atoms with van der Waals surface area (Å²) in [6.45, 7) is 0. The van der Waals surface area contributed by atoms with Crippen LogP contribution in [0.15, 0.2) is 12.1 Å². The highest BCUT2D eigenvalue weighted by Crippen LogP contribution is 2.27. The topological polar surface area (TPSA) is 117 Å². The lowest BCUT2D eigenvalue weighted by molar-refractivity contribution is -0.385. The Kier molecular flexibility index (Phi) is 4.71. The van der Waals surface area contributed by atoms with Crippen molar-refractivity contribution in [3.63, 3.8) is 0 Å². The highest BCUT2D eigenvalue weighted by atomic mass is 19.1. The smallest absolute Gasteiger partial charge is 0.338 e. The maximum atomic E-state index is 13.3. The van der Waals surface area contributed by atoms with Gasteiger partial charge in [-0.15, -0.1) is 0 Å². The lowest BCUT2D eigenvalue weighted by Gasteiger charge is -2.09. The molecule has 0 amide bonds. The summed E-state index contributed by atoms with van der Waals surface area (Å²) < 4.78 is 17.7. The molecular formula is C12H8FN3O4. The van der Waals surface area contributed by atoms with Crippen LogP contribution in [-0.2, 0) is 11.2 Å². The van der Waals surface area contributed by atoms with Crippen LogP contribution in [0.25, 0.3) is 0 Å². The number of nitro benzene ring substituents is 1. The minimum absolute atomic E-state index is 0.198. The van der Waals surface area contributed by atoms with E-state index in [0.29, 0.717) is 6.07 Å². The van der Waals surface area contributed by atoms with Gasteiger partial charge < -0.3 is 4.74 Å². The molecule has 102 valence electrons. The average Bonchev–Trinajstić information content (AvgIpc) is 2.44. The Morgan fingerprint density at radius 1 is 1.50 bits per heavy atom. The Morgan fingerprint density at radius 3 is 2.55 bits per heavy atom. The van der Waals surface area contributed by atoms with E-state index in [1.807, 2.05) is 0 Å². The van der Waals surface area contributed by atoms with Gasteiger partial charge in [-0.05, 0) is 6.07 Å². The zero-order valence-corrected chi connectivity index (χ0v) is 10.3. The van der Waals surface area contributed by atoms with Gasteiger partial charge in [-0.3, -0.25) is 10.1 Å². The van der Waals surface area contributed by atoms with Gasteiger partial charge in [-0.2, -0.15) is 10.5 Å². The number of nitriles is 2. The normalized spacial score (nSPS) is 9.65. The van der Waals surface area contributed by atoms with Crippen molar-refractivity contribution < 1.29 is 18.8 Å². The molecular weight excluding hydrogens is 269 g/mol. The summed E-state index contributed by atoms with van der Waals surface area (Å²) >= 11 is 0. The molecule has 1 rings (SSSR count). The molecule has 0 heterocycles. The number of rotatable bonds is 4. The van der Waals surface area contributed by atoms with Gasteiger partial charge in [0.15, 0.2) is 0 Å². The van der Waals surface area contributed by atoms with Crippen LogP contribution in [0.5, 0.6) is 0 Å². The summed E-state index contributed by atoms with van der Waals surface area (Å²) in [5, 5.41) is 28.4. The third kappa shape index (κ3) is 3.06. The van der Waals surface area contributed by atoms with Crippen molar-refractivity contribution in [3.8, 4) is 12.1 Å². The molecule has 0 aliphatic carbocycles. The molecule has 0 unspecified atom stereocenters. The highest BCUT2D eigenvalue weighted by molar-refractivity contribution is 5.92. The molecule has 0 aliphatic rings. The molecule has 0 radical (unpaired) electrons. The number of halogens is 1. The quantitative estimate of drug-likeness (QED) is 0.470. The Morgan fingerprint density at radius 2 is 2.10 bits per heavy atom. The van der Waals surface area contributed by atoms with Crippen LogP contribution < -0.4 is 0 Å². The SMILES string of the molecule is COC(=O)c1cc(F)cc([N+](=O)[O-])c1CC(C#N)C#N. The Labute approximate surface area is 112 Å². The average molecular weight is 277 g/mol. The van der Waals surface area contributed by atoms with E-state index in [4.69, 9.17) is 10.5 Å². The Hall–Kier alpha value is -3.00. The lowest BCUT2D eigenvalue weighted by Crippen LogP contribution is -2.12. The van der Waals surface area contributed by atoms with Crippen LogP contribution in [0, 0.1) is 44.5 Å². The number of methoxy groups -OCH3 is 1. The fraction of sp³-hybridized carbons (Fsp3) is 0.250. The molecule has 0 spiro atoms. The summed E-state index contributed by atoms with van der Waals surface area (Å²) in [4.78, 5) is 21.6. The molecule has 0 saturated carbocycles. The van der Waals surface area contributed by atoms with E-state index >= 15 is 0 Å². The minimum atomic E-state index is -1.19. The minimum Gasteiger partial charge on any atom is -0.465 e. The molecule has 1 aromatic rings. The number of hydrogen-bond acceptors (Lipinski definition) is 6. The lowest BCUT2D eigenvalue weighted by atomic mass is 9.95. The summed E-state index contributed by atoms with van der Waals surface area (Å²) in [5.41, 5.74) is -1.23. The third-order valence-corrected chi connectivity index (χ3v) is 2.51. The molecule has 1 aromatic carbocycles. The van der Waals surface area contributed by atoms with E-state index in [2.05, 4.69) is 4.74 Å². The van der Waals surface area contributed by atoms with Crippen LogP contribution in [0.4, 0.5) is 10.1 Å². The number of carbonyl (C=O) groups excluding carboxylic acids is 1. The number of carbonyl (C=O) groups is 1. The van der Waals surface area contributed by atoms with Gasteiger partial charge in [0.25, 0.3) is 5.69 Å². The Bertz CT molecular complexity index is 631. The second-order valence-electron chi connectivity index (χ2n) is 3.71. The molecule has 0 atom stereocenters. The van der Waals surface area contributed by atoms with Crippen molar-refractivity contribution in [2.24, 2.45) is 5.92 Å². The summed E-state index contributed by atoms with van der Waals surface area (Å²) in [6.07, 6.45) is -0.367. The van der Waals surface area contributed by atoms with Crippen molar-refractivity contribution in [1.82, 2.24) is 0 Å². The number of benzene rings is 1. The predicted octanol–water partition coefficient (Wildman–Crippen LogP) is 1.73. The standard InChI is InChI=1S/C12H8FN3O4/c1-20-12(17)10-3-8(13)4-11(16(18)19)9(10)2-7(5-14)6-15/h3-4,7H,2H2,1H3. The summed E-state index contributed by atoms with van der Waals surface area (Å²) in [5.74, 6) is -3.15. The molecule has 0 saturated heterocycles. The number of esters is 1. The summed E-state index contributed by atoms with van der Waals surface area (Å²) in [7, 11) is 1.04. The second-order valence-corrected chi connectivity index (χ2v) is 3.71. The predicted molar refractivity (Wildman–Crippen MR) is 62.8 cm³/mol. The van der Waals surface area contributed by atoms with Gasteiger partial charge in [-0.25, -0.2) is 9.18 Å². The van der Waals surface area contributed by atoms with Crippen molar-refractivity contribution in [2.75, 3.05) is 7.11 Å². The first-order valence-corrected chi connectivity index (χ1v) is 5.29. The van der Waals surface area contributed by atoms with Crippen LogP contribution in [0.1, 0.15) is 15.9 Å². The van der Waals surface area contributed by atoms with Crippen molar-refractivity contribution in [3.05, 3.63) is 39.2 Å². The van der Waals surface area contributed by atoms with Crippen molar-refractivity contribution in [1.29, 1.82) is 10.5 Å². The maximum absolute atomic E-state index is 13.3. The Balaban J connectivity index is 3.51. The fourth-order valence-electron chi connectivity index (χ4n) is 1.62. The van der Waals surface area contributed by atoms with E-state index in [1.54, 1.807) is 12.1 Å². The van der Waals surface area contributed by atoms with E-state index in [0.717, 1.165) is 13.2 Å². The monoisotopic (exact) mass is 277 g/mol. The highest BCUT2D eigenvalue weighted by Gasteiger charge is 2.26. The van der Waals surface area contributed by atoms with Crippen LogP contribution in [0.2, 0.25) is 0 Å². The zero-order valence-electron chi connectivity index (χ0n) is 10.3. The van der Waals surface area contributed by atoms with Crippen LogP contribution in [0.3, 0.4) is 0 Å². The summed E-state index contributed by atoms with van der Waals surface area (Å²) in [6, 6.07) is 4.68. The molecule has 20 heavy (non-hydrogen) atoms. The molecule has 8 heteroatoms. The van der Waals surface area contributed by atoms with E-state index in [1.165, 1.54) is 0 Å². The molecule has 7 nitrogen and oxygen atoms in total. The van der Waals surface area contributed by atoms with Crippen LogP contribution >= 0.6 is 0 Å². The maximum Gasteiger partial charge on any atom is 0.338 e. The van der Waals surface area contributed by atoms with E-state index < -0.39 is 28.3 Å².